The maximum atomic E-state index is 4.24. The minimum Gasteiger partial charge on any atom is -0.312 e. The Kier molecular flexibility index (Phi) is 3.69. The summed E-state index contributed by atoms with van der Waals surface area (Å²) in [5.74, 6) is 0. The van der Waals surface area contributed by atoms with E-state index in [0.29, 0.717) is 0 Å². The van der Waals surface area contributed by atoms with E-state index in [1.54, 1.807) is 11.3 Å². The van der Waals surface area contributed by atoms with Gasteiger partial charge in [-0.05, 0) is 6.92 Å². The van der Waals surface area contributed by atoms with Crippen molar-refractivity contribution in [1.29, 1.82) is 0 Å². The van der Waals surface area contributed by atoms with Gasteiger partial charge in [-0.2, -0.15) is 5.10 Å². The van der Waals surface area contributed by atoms with E-state index in [4.69, 9.17) is 0 Å². The Labute approximate surface area is 99.3 Å². The fourth-order valence-electron chi connectivity index (χ4n) is 1.52. The topological polar surface area (TPSA) is 42.7 Å². The number of hydrogen-bond donors (Lipinski definition) is 1. The van der Waals surface area contributed by atoms with Gasteiger partial charge in [-0.25, -0.2) is 4.98 Å². The summed E-state index contributed by atoms with van der Waals surface area (Å²) in [6.07, 6.45) is 2.91. The molecular weight excluding hydrogens is 220 g/mol. The fraction of sp³-hybridized carbons (Fsp3) is 0.455. The molecule has 2 rings (SSSR count). The molecule has 1 N–H and O–H groups in total. The molecule has 86 valence electrons. The van der Waals surface area contributed by atoms with Gasteiger partial charge in [0.05, 0.1) is 17.4 Å². The minimum absolute atomic E-state index is 0.879. The average molecular weight is 236 g/mol. The van der Waals surface area contributed by atoms with Crippen LogP contribution in [-0.2, 0) is 20.0 Å². The first-order valence-corrected chi connectivity index (χ1v) is 6.27. The molecule has 0 aliphatic rings. The molecular formula is C11H16N4S. The second-order valence-electron chi connectivity index (χ2n) is 3.79. The molecule has 0 aromatic carbocycles. The average Bonchev–Trinajstić information content (AvgIpc) is 2.88. The number of aryl methyl sites for hydroxylation is 1. The van der Waals surface area contributed by atoms with Crippen molar-refractivity contribution < 1.29 is 0 Å². The van der Waals surface area contributed by atoms with E-state index in [-0.39, 0.29) is 0 Å². The Morgan fingerprint density at radius 3 is 3.00 bits per heavy atom. The van der Waals surface area contributed by atoms with Crippen LogP contribution in [0.5, 0.6) is 0 Å². The molecule has 2 aromatic rings. The summed E-state index contributed by atoms with van der Waals surface area (Å²) in [5, 5.41) is 9.71. The molecule has 0 spiro atoms. The smallest absolute Gasteiger partial charge is 0.0794 e. The van der Waals surface area contributed by atoms with Crippen LogP contribution >= 0.6 is 11.3 Å². The van der Waals surface area contributed by atoms with E-state index in [0.717, 1.165) is 19.5 Å². The van der Waals surface area contributed by atoms with Crippen molar-refractivity contribution in [3.63, 3.8) is 0 Å². The van der Waals surface area contributed by atoms with Gasteiger partial charge in [-0.1, -0.05) is 0 Å². The van der Waals surface area contributed by atoms with Crippen molar-refractivity contribution in [2.45, 2.75) is 19.9 Å². The first kappa shape index (κ1) is 11.3. The normalized spacial score (nSPS) is 10.9. The first-order valence-electron chi connectivity index (χ1n) is 5.32. The maximum absolute atomic E-state index is 4.24. The maximum Gasteiger partial charge on any atom is 0.0794 e. The third-order valence-electron chi connectivity index (χ3n) is 2.69. The Morgan fingerprint density at radius 1 is 1.50 bits per heavy atom. The van der Waals surface area contributed by atoms with Crippen molar-refractivity contribution in [2.75, 3.05) is 6.54 Å². The van der Waals surface area contributed by atoms with Crippen molar-refractivity contribution in [2.24, 2.45) is 7.05 Å². The van der Waals surface area contributed by atoms with Gasteiger partial charge < -0.3 is 5.32 Å². The standard InChI is InChI=1S/C11H16N4S/c1-9-10(6-14-15(9)2)5-12-4-3-11-7-16-8-13-11/h6-8,12H,3-5H2,1-2H3. The summed E-state index contributed by atoms with van der Waals surface area (Å²) in [4.78, 5) is 4.24. The molecule has 0 unspecified atom stereocenters. The monoisotopic (exact) mass is 236 g/mol. The van der Waals surface area contributed by atoms with Crippen LogP contribution in [0.15, 0.2) is 17.1 Å². The number of nitrogens with one attached hydrogen (secondary N) is 1. The van der Waals surface area contributed by atoms with Crippen molar-refractivity contribution in [1.82, 2.24) is 20.1 Å². The zero-order valence-electron chi connectivity index (χ0n) is 9.60. The van der Waals surface area contributed by atoms with Gasteiger partial charge in [0.1, 0.15) is 0 Å². The fourth-order valence-corrected chi connectivity index (χ4v) is 2.11. The van der Waals surface area contributed by atoms with Crippen molar-refractivity contribution >= 4 is 11.3 Å². The number of thiazole rings is 1. The highest BCUT2D eigenvalue weighted by Crippen LogP contribution is 2.05. The van der Waals surface area contributed by atoms with Crippen molar-refractivity contribution in [3.8, 4) is 0 Å². The Hall–Kier alpha value is -1.20. The molecule has 0 radical (unpaired) electrons. The Balaban J connectivity index is 1.74. The molecule has 4 nitrogen and oxygen atoms in total. The highest BCUT2D eigenvalue weighted by molar-refractivity contribution is 7.07. The zero-order chi connectivity index (χ0) is 11.4. The molecule has 0 saturated carbocycles. The van der Waals surface area contributed by atoms with E-state index in [9.17, 15) is 0 Å². The summed E-state index contributed by atoms with van der Waals surface area (Å²) in [5.41, 5.74) is 5.53. The summed E-state index contributed by atoms with van der Waals surface area (Å²) in [7, 11) is 1.97. The third kappa shape index (κ3) is 2.68. The second kappa shape index (κ2) is 5.23. The van der Waals surface area contributed by atoms with Gasteiger partial charge >= 0.3 is 0 Å². The van der Waals surface area contributed by atoms with Crippen LogP contribution in [0.25, 0.3) is 0 Å². The van der Waals surface area contributed by atoms with E-state index < -0.39 is 0 Å². The van der Waals surface area contributed by atoms with E-state index in [1.165, 1.54) is 17.0 Å². The number of rotatable bonds is 5. The van der Waals surface area contributed by atoms with Gasteiger partial charge in [0.25, 0.3) is 0 Å². The molecule has 0 aliphatic carbocycles. The lowest BCUT2D eigenvalue weighted by atomic mass is 10.2. The molecule has 0 amide bonds. The van der Waals surface area contributed by atoms with Crippen LogP contribution in [-0.4, -0.2) is 21.3 Å². The first-order chi connectivity index (χ1) is 7.77. The molecule has 2 heterocycles. The van der Waals surface area contributed by atoms with Crippen LogP contribution < -0.4 is 5.32 Å². The van der Waals surface area contributed by atoms with Gasteiger partial charge in [-0.15, -0.1) is 11.3 Å². The van der Waals surface area contributed by atoms with Gasteiger partial charge in [0.15, 0.2) is 0 Å². The number of aromatic nitrogens is 3. The van der Waals surface area contributed by atoms with Gasteiger partial charge in [0.2, 0.25) is 0 Å². The lowest BCUT2D eigenvalue weighted by Crippen LogP contribution is -2.17. The lowest BCUT2D eigenvalue weighted by Gasteiger charge is -2.03. The Bertz CT molecular complexity index is 433. The highest BCUT2D eigenvalue weighted by Gasteiger charge is 2.02. The van der Waals surface area contributed by atoms with E-state index >= 15 is 0 Å². The third-order valence-corrected chi connectivity index (χ3v) is 3.33. The highest BCUT2D eigenvalue weighted by atomic mass is 32.1. The molecule has 5 heteroatoms. The molecule has 16 heavy (non-hydrogen) atoms. The zero-order valence-corrected chi connectivity index (χ0v) is 10.4. The summed E-state index contributed by atoms with van der Waals surface area (Å²) in [6.45, 7) is 3.92. The predicted molar refractivity (Wildman–Crippen MR) is 65.5 cm³/mol. The molecule has 2 aromatic heterocycles. The quantitative estimate of drug-likeness (QED) is 0.800. The van der Waals surface area contributed by atoms with Crippen LogP contribution in [0.3, 0.4) is 0 Å². The molecule has 0 saturated heterocycles. The van der Waals surface area contributed by atoms with E-state index in [1.807, 2.05) is 23.4 Å². The van der Waals surface area contributed by atoms with Gasteiger partial charge in [-0.3, -0.25) is 4.68 Å². The predicted octanol–water partition coefficient (Wildman–Crippen LogP) is 1.52. The van der Waals surface area contributed by atoms with Crippen LogP contribution in [0.1, 0.15) is 17.0 Å². The molecule has 0 atom stereocenters. The van der Waals surface area contributed by atoms with Crippen LogP contribution in [0.2, 0.25) is 0 Å². The van der Waals surface area contributed by atoms with Crippen molar-refractivity contribution in [3.05, 3.63) is 34.0 Å². The van der Waals surface area contributed by atoms with E-state index in [2.05, 4.69) is 27.7 Å². The van der Waals surface area contributed by atoms with Crippen LogP contribution in [0.4, 0.5) is 0 Å². The molecule has 0 fully saturated rings. The molecule has 0 aliphatic heterocycles. The minimum atomic E-state index is 0.879. The van der Waals surface area contributed by atoms with Gasteiger partial charge in [0, 0.05) is 43.2 Å². The summed E-state index contributed by atoms with van der Waals surface area (Å²) in [6, 6.07) is 0. The summed E-state index contributed by atoms with van der Waals surface area (Å²) >= 11 is 1.65. The number of hydrogen-bond acceptors (Lipinski definition) is 4. The lowest BCUT2D eigenvalue weighted by molar-refractivity contribution is 0.675. The number of nitrogens with zero attached hydrogens (tertiary/aromatic N) is 3. The van der Waals surface area contributed by atoms with Crippen LogP contribution in [0, 0.1) is 6.92 Å². The molecule has 0 bridgehead atoms. The Morgan fingerprint density at radius 2 is 2.38 bits per heavy atom. The second-order valence-corrected chi connectivity index (χ2v) is 4.50. The summed E-state index contributed by atoms with van der Waals surface area (Å²) < 4.78 is 1.90. The largest absolute Gasteiger partial charge is 0.312 e. The SMILES string of the molecule is Cc1c(CNCCc2cscn2)cnn1C.